The predicted octanol–water partition coefficient (Wildman–Crippen LogP) is 3.10. The van der Waals surface area contributed by atoms with Gasteiger partial charge in [0.2, 0.25) is 0 Å². The number of oxime groups is 1. The first-order chi connectivity index (χ1) is 14.0. The van der Waals surface area contributed by atoms with Crippen molar-refractivity contribution in [1.82, 2.24) is 14.6 Å². The molecular weight excluding hydrogens is 433 g/mol. The van der Waals surface area contributed by atoms with Crippen molar-refractivity contribution in [2.24, 2.45) is 10.9 Å². The molecule has 10 nitrogen and oxygen atoms in total. The molecule has 3 rings (SSSR count). The maximum absolute atomic E-state index is 13.2. The Kier molecular flexibility index (Phi) is 5.31. The molecule has 0 aliphatic heterocycles. The maximum atomic E-state index is 13.2. The van der Waals surface area contributed by atoms with Gasteiger partial charge in [0, 0.05) is 23.4 Å². The first kappa shape index (κ1) is 21.0. The summed E-state index contributed by atoms with van der Waals surface area (Å²) in [5.41, 5.74) is 3.45. The molecule has 3 aromatic rings. The number of benzene rings is 1. The number of nitrogens with two attached hydrogens (primary N) is 1. The van der Waals surface area contributed by atoms with Crippen molar-refractivity contribution in [3.05, 3.63) is 68.1 Å². The Morgan fingerprint density at radius 2 is 1.97 bits per heavy atom. The van der Waals surface area contributed by atoms with Crippen LogP contribution in [0.15, 0.2) is 35.5 Å². The normalized spacial score (nSPS) is 12.2. The maximum Gasteiger partial charge on any atom is 0.433 e. The number of alkyl halides is 3. The summed E-state index contributed by atoms with van der Waals surface area (Å²) >= 11 is 5.97. The zero-order valence-electron chi connectivity index (χ0n) is 14.8. The van der Waals surface area contributed by atoms with Gasteiger partial charge >= 0.3 is 12.1 Å². The second-order valence-electron chi connectivity index (χ2n) is 5.84. The third kappa shape index (κ3) is 4.00. The van der Waals surface area contributed by atoms with Gasteiger partial charge in [0.1, 0.15) is 10.7 Å². The van der Waals surface area contributed by atoms with Gasteiger partial charge < -0.3 is 10.6 Å². The van der Waals surface area contributed by atoms with Crippen LogP contribution in [0.5, 0.6) is 0 Å². The number of amidine groups is 1. The molecule has 1 aromatic carbocycles. The summed E-state index contributed by atoms with van der Waals surface area (Å²) in [7, 11) is 0. The van der Waals surface area contributed by atoms with Crippen LogP contribution in [0.1, 0.15) is 27.4 Å². The number of nitrogens with zero attached hydrogens (tertiary/aromatic N) is 5. The van der Waals surface area contributed by atoms with E-state index in [-0.39, 0.29) is 28.4 Å². The smallest absolute Gasteiger partial charge is 0.380 e. The Balaban J connectivity index is 1.91. The minimum Gasteiger partial charge on any atom is -0.380 e. The van der Waals surface area contributed by atoms with E-state index >= 15 is 0 Å². The molecule has 0 amide bonds. The van der Waals surface area contributed by atoms with E-state index in [0.29, 0.717) is 4.52 Å². The third-order valence-electron chi connectivity index (χ3n) is 3.75. The Labute approximate surface area is 169 Å². The van der Waals surface area contributed by atoms with Gasteiger partial charge in [0.25, 0.3) is 5.69 Å². The number of hydrogen-bond acceptors (Lipinski definition) is 7. The lowest BCUT2D eigenvalue weighted by Gasteiger charge is -2.09. The Morgan fingerprint density at radius 1 is 1.33 bits per heavy atom. The van der Waals surface area contributed by atoms with E-state index in [2.05, 4.69) is 20.1 Å². The van der Waals surface area contributed by atoms with Gasteiger partial charge in [0.05, 0.1) is 4.92 Å². The zero-order chi connectivity index (χ0) is 22.2. The second kappa shape index (κ2) is 7.59. The molecule has 2 aromatic heterocycles. The molecule has 0 spiro atoms. The van der Waals surface area contributed by atoms with E-state index in [9.17, 15) is 28.1 Å². The Bertz CT molecular complexity index is 1190. The summed E-state index contributed by atoms with van der Waals surface area (Å²) < 4.78 is 40.1. The van der Waals surface area contributed by atoms with Crippen LogP contribution in [0.25, 0.3) is 5.65 Å². The first-order valence-corrected chi connectivity index (χ1v) is 8.29. The number of hydrogen-bond donors (Lipinski definition) is 1. The molecule has 0 bridgehead atoms. The molecule has 156 valence electrons. The zero-order valence-corrected chi connectivity index (χ0v) is 15.6. The van der Waals surface area contributed by atoms with E-state index in [0.717, 1.165) is 18.2 Å². The fourth-order valence-electron chi connectivity index (χ4n) is 2.39. The van der Waals surface area contributed by atoms with Gasteiger partial charge in [-0.2, -0.15) is 18.3 Å². The molecule has 0 fully saturated rings. The second-order valence-corrected chi connectivity index (χ2v) is 6.22. The fraction of sp³-hybridized carbons (Fsp3) is 0.125. The summed E-state index contributed by atoms with van der Waals surface area (Å²) in [4.78, 5) is 30.7. The summed E-state index contributed by atoms with van der Waals surface area (Å²) in [6, 6.07) is 5.60. The Hall–Kier alpha value is -3.74. The largest absolute Gasteiger partial charge is 0.433 e. The summed E-state index contributed by atoms with van der Waals surface area (Å²) in [6.45, 7) is 1.33. The molecule has 2 N–H and O–H groups in total. The summed E-state index contributed by atoms with van der Waals surface area (Å²) in [5.74, 6) is -1.59. The van der Waals surface area contributed by atoms with Crippen molar-refractivity contribution in [3.8, 4) is 0 Å². The van der Waals surface area contributed by atoms with Crippen molar-refractivity contribution < 1.29 is 27.7 Å². The van der Waals surface area contributed by atoms with Crippen molar-refractivity contribution >= 4 is 34.7 Å². The molecule has 0 aliphatic carbocycles. The molecule has 0 aliphatic rings. The molecule has 0 atom stereocenters. The number of aryl methyl sites for hydroxylation is 1. The summed E-state index contributed by atoms with van der Waals surface area (Å²) in [6.07, 6.45) is -4.78. The van der Waals surface area contributed by atoms with Crippen molar-refractivity contribution in [2.75, 3.05) is 0 Å². The van der Waals surface area contributed by atoms with E-state index in [1.165, 1.54) is 19.1 Å². The lowest BCUT2D eigenvalue weighted by atomic mass is 10.2. The Morgan fingerprint density at radius 3 is 2.53 bits per heavy atom. The molecule has 0 saturated carbocycles. The van der Waals surface area contributed by atoms with E-state index in [1.807, 2.05) is 0 Å². The first-order valence-electron chi connectivity index (χ1n) is 7.91. The van der Waals surface area contributed by atoms with Crippen LogP contribution >= 0.6 is 11.6 Å². The molecular formula is C16H10ClF3N6O4. The standard InChI is InChI=1S/C16H10ClF3N6O4/c1-7-6-10(16(18,19)20)25-14(22-7)11(17)12(23-25)15(27)30-24-13(21)8-2-4-9(5-3-8)26(28)29/h2-6H,1H3,(H2,21,24). The number of carbonyl (C=O) groups is 1. The van der Waals surface area contributed by atoms with Crippen LogP contribution in [-0.2, 0) is 11.0 Å². The topological polar surface area (TPSA) is 138 Å². The highest BCUT2D eigenvalue weighted by Crippen LogP contribution is 2.32. The highest BCUT2D eigenvalue weighted by molar-refractivity contribution is 6.36. The van der Waals surface area contributed by atoms with Gasteiger partial charge in [0.15, 0.2) is 17.2 Å². The molecule has 0 saturated heterocycles. The van der Waals surface area contributed by atoms with Crippen molar-refractivity contribution in [2.45, 2.75) is 13.1 Å². The molecule has 0 unspecified atom stereocenters. The van der Waals surface area contributed by atoms with Crippen LogP contribution < -0.4 is 5.73 Å². The van der Waals surface area contributed by atoms with E-state index < -0.39 is 33.5 Å². The predicted molar refractivity (Wildman–Crippen MR) is 97.0 cm³/mol. The van der Waals surface area contributed by atoms with Crippen molar-refractivity contribution in [3.63, 3.8) is 0 Å². The summed E-state index contributed by atoms with van der Waals surface area (Å²) in [5, 5.41) is 17.1. The number of rotatable bonds is 4. The highest BCUT2D eigenvalue weighted by Gasteiger charge is 2.36. The lowest BCUT2D eigenvalue weighted by Crippen LogP contribution is -2.16. The quantitative estimate of drug-likeness (QED) is 0.215. The number of carbonyl (C=O) groups excluding carboxylic acids is 1. The van der Waals surface area contributed by atoms with Crippen molar-refractivity contribution in [1.29, 1.82) is 0 Å². The van der Waals surface area contributed by atoms with Crippen LogP contribution in [0.2, 0.25) is 5.02 Å². The SMILES string of the molecule is Cc1cc(C(F)(F)F)n2nc(C(=O)O/N=C(\N)c3ccc([N+](=O)[O-])cc3)c(Cl)c2n1. The number of non-ortho nitro benzene ring substituents is 1. The lowest BCUT2D eigenvalue weighted by molar-refractivity contribution is -0.384. The van der Waals surface area contributed by atoms with Crippen LogP contribution in [-0.4, -0.2) is 31.3 Å². The molecule has 0 radical (unpaired) electrons. The van der Waals surface area contributed by atoms with Gasteiger partial charge in [-0.1, -0.05) is 16.8 Å². The van der Waals surface area contributed by atoms with Crippen LogP contribution in [0.3, 0.4) is 0 Å². The number of nitro groups is 1. The van der Waals surface area contributed by atoms with Crippen LogP contribution in [0.4, 0.5) is 18.9 Å². The average Bonchev–Trinajstić information content (AvgIpc) is 3.01. The molecule has 14 heteroatoms. The average molecular weight is 443 g/mol. The molecule has 30 heavy (non-hydrogen) atoms. The monoisotopic (exact) mass is 442 g/mol. The number of fused-ring (bicyclic) bond motifs is 1. The number of aromatic nitrogens is 3. The van der Waals surface area contributed by atoms with Gasteiger partial charge in [-0.25, -0.2) is 14.3 Å². The van der Waals surface area contributed by atoms with Gasteiger partial charge in [-0.05, 0) is 25.1 Å². The highest BCUT2D eigenvalue weighted by atomic mass is 35.5. The van der Waals surface area contributed by atoms with Crippen LogP contribution in [0, 0.1) is 17.0 Å². The number of nitro benzene ring substituents is 1. The minimum atomic E-state index is -4.78. The van der Waals surface area contributed by atoms with Gasteiger partial charge in [-0.3, -0.25) is 10.1 Å². The van der Waals surface area contributed by atoms with Gasteiger partial charge in [-0.15, -0.1) is 0 Å². The fourth-order valence-corrected chi connectivity index (χ4v) is 2.62. The van der Waals surface area contributed by atoms with E-state index in [4.69, 9.17) is 17.3 Å². The molecule has 2 heterocycles. The third-order valence-corrected chi connectivity index (χ3v) is 4.09. The number of halogens is 4. The minimum absolute atomic E-state index is 0.0111. The van der Waals surface area contributed by atoms with E-state index in [1.54, 1.807) is 0 Å².